The molecule has 36 heavy (non-hydrogen) atoms. The van der Waals surface area contributed by atoms with Crippen molar-refractivity contribution < 1.29 is 16.8 Å². The van der Waals surface area contributed by atoms with Crippen LogP contribution in [-0.2, 0) is 19.9 Å². The van der Waals surface area contributed by atoms with Crippen LogP contribution < -0.4 is 0 Å². The highest BCUT2D eigenvalue weighted by Crippen LogP contribution is 2.45. The molecule has 1 aliphatic heterocycles. The van der Waals surface area contributed by atoms with Crippen LogP contribution in [0.3, 0.4) is 0 Å². The predicted molar refractivity (Wildman–Crippen MR) is 154 cm³/mol. The van der Waals surface area contributed by atoms with Gasteiger partial charge in [-0.25, -0.2) is 16.8 Å². The van der Waals surface area contributed by atoms with E-state index in [0.717, 1.165) is 25.8 Å². The van der Waals surface area contributed by atoms with Gasteiger partial charge in [0.1, 0.15) is 0 Å². The van der Waals surface area contributed by atoms with Gasteiger partial charge >= 0.3 is 0 Å². The van der Waals surface area contributed by atoms with Crippen molar-refractivity contribution >= 4 is 57.6 Å². The molecule has 0 amide bonds. The molecular formula is C27H27ClINO4S2. The molecule has 0 saturated carbocycles. The third-order valence-electron chi connectivity index (χ3n) is 6.50. The lowest BCUT2D eigenvalue weighted by molar-refractivity contribution is 0.400. The number of halogens is 2. The molecular weight excluding hydrogens is 629 g/mol. The first-order valence-corrected chi connectivity index (χ1v) is 15.9. The Morgan fingerprint density at radius 2 is 1.36 bits per heavy atom. The van der Waals surface area contributed by atoms with Crippen LogP contribution in [-0.4, -0.2) is 40.0 Å². The highest BCUT2D eigenvalue weighted by atomic mass is 127. The number of hydrogen-bond acceptors (Lipinski definition) is 4. The van der Waals surface area contributed by atoms with Crippen LogP contribution >= 0.6 is 34.2 Å². The molecule has 0 spiro atoms. The minimum Gasteiger partial charge on any atom is -0.224 e. The zero-order valence-corrected chi connectivity index (χ0v) is 24.7. The summed E-state index contributed by atoms with van der Waals surface area (Å²) in [5.74, 6) is -0.210. The molecule has 3 aromatic rings. The molecule has 1 atom stereocenters. The summed E-state index contributed by atoms with van der Waals surface area (Å²) in [5.41, 5.74) is 2.63. The fraction of sp³-hybridized carbons (Fsp3) is 0.259. The molecule has 0 radical (unpaired) electrons. The van der Waals surface area contributed by atoms with Gasteiger partial charge in [-0.1, -0.05) is 66.0 Å². The predicted octanol–water partition coefficient (Wildman–Crippen LogP) is 6.29. The number of benzene rings is 3. The third kappa shape index (κ3) is 5.57. The van der Waals surface area contributed by atoms with Crippen LogP contribution in [0.4, 0.5) is 0 Å². The fourth-order valence-electron chi connectivity index (χ4n) is 4.42. The van der Waals surface area contributed by atoms with Crippen LogP contribution in [0, 0.1) is 19.3 Å². The lowest BCUT2D eigenvalue weighted by Crippen LogP contribution is -2.34. The first-order valence-electron chi connectivity index (χ1n) is 11.3. The average Bonchev–Trinajstić information content (AvgIpc) is 3.16. The van der Waals surface area contributed by atoms with Gasteiger partial charge in [0.2, 0.25) is 10.0 Å². The summed E-state index contributed by atoms with van der Waals surface area (Å²) in [6.45, 7) is 5.81. The minimum absolute atomic E-state index is 0.0593. The average molecular weight is 656 g/mol. The van der Waals surface area contributed by atoms with E-state index < -0.39 is 25.3 Å². The van der Waals surface area contributed by atoms with Gasteiger partial charge in [-0.05, 0) is 84.0 Å². The Balaban J connectivity index is 1.80. The number of sulfonamides is 1. The molecule has 5 nitrogen and oxygen atoms in total. The monoisotopic (exact) mass is 655 g/mol. The Morgan fingerprint density at radius 3 is 1.89 bits per heavy atom. The summed E-state index contributed by atoms with van der Waals surface area (Å²) in [4.78, 5) is 0.426. The van der Waals surface area contributed by atoms with E-state index in [-0.39, 0.29) is 28.6 Å². The Bertz CT molecular complexity index is 1520. The van der Waals surface area contributed by atoms with E-state index in [1.165, 1.54) is 4.31 Å². The Morgan fingerprint density at radius 1 is 0.861 bits per heavy atom. The second kappa shape index (κ2) is 10.2. The van der Waals surface area contributed by atoms with Gasteiger partial charge in [0, 0.05) is 27.1 Å². The van der Waals surface area contributed by atoms with Gasteiger partial charge in [0.15, 0.2) is 9.84 Å². The maximum absolute atomic E-state index is 13.6. The summed E-state index contributed by atoms with van der Waals surface area (Å²) in [6.07, 6.45) is 0. The van der Waals surface area contributed by atoms with Gasteiger partial charge in [-0.15, -0.1) is 0 Å². The molecule has 0 bridgehead atoms. The van der Waals surface area contributed by atoms with Crippen molar-refractivity contribution in [1.82, 2.24) is 4.31 Å². The fourth-order valence-corrected chi connectivity index (χ4v) is 9.08. The molecule has 190 valence electrons. The van der Waals surface area contributed by atoms with Crippen LogP contribution in [0.25, 0.3) is 3.58 Å². The van der Waals surface area contributed by atoms with Crippen molar-refractivity contribution in [2.45, 2.75) is 30.6 Å². The lowest BCUT2D eigenvalue weighted by atomic mass is 9.86. The van der Waals surface area contributed by atoms with Crippen LogP contribution in [0.1, 0.15) is 23.6 Å². The summed E-state index contributed by atoms with van der Waals surface area (Å²) in [5, 5.41) is 0.590. The zero-order chi connectivity index (χ0) is 26.3. The Labute approximate surface area is 232 Å². The molecule has 4 rings (SSSR count). The molecule has 0 aromatic heterocycles. The van der Waals surface area contributed by atoms with Gasteiger partial charge in [0.25, 0.3) is 0 Å². The van der Waals surface area contributed by atoms with E-state index >= 15 is 0 Å². The van der Waals surface area contributed by atoms with Crippen LogP contribution in [0.2, 0.25) is 5.02 Å². The number of hydrogen-bond donors (Lipinski definition) is 0. The summed E-state index contributed by atoms with van der Waals surface area (Å²) in [6, 6.07) is 20.7. The molecule has 1 fully saturated rings. The molecule has 1 saturated heterocycles. The maximum atomic E-state index is 13.6. The van der Waals surface area contributed by atoms with Crippen molar-refractivity contribution in [3.8, 4) is 0 Å². The second-order valence-corrected chi connectivity index (χ2v) is 15.0. The van der Waals surface area contributed by atoms with Gasteiger partial charge in [-0.2, -0.15) is 4.31 Å². The zero-order valence-electron chi connectivity index (χ0n) is 20.2. The normalized spacial score (nSPS) is 20.5. The number of nitrogens with zero attached hydrogens (tertiary/aromatic N) is 1. The molecule has 0 unspecified atom stereocenters. The SMILES string of the molecule is Cc1ccc(S(=O)(=O)C[C@]2(C)CN(S(=O)(=O)c3ccc(C)cc3)C/C2=C(\I)c2ccc(Cl)cc2)cc1. The van der Waals surface area contributed by atoms with Crippen molar-refractivity contribution in [1.29, 1.82) is 0 Å². The topological polar surface area (TPSA) is 71.5 Å². The minimum atomic E-state index is -3.83. The van der Waals surface area contributed by atoms with Crippen molar-refractivity contribution in [2.75, 3.05) is 18.8 Å². The maximum Gasteiger partial charge on any atom is 0.243 e. The largest absolute Gasteiger partial charge is 0.243 e. The van der Waals surface area contributed by atoms with Crippen molar-refractivity contribution in [3.05, 3.63) is 100 Å². The quantitative estimate of drug-likeness (QED) is 0.293. The molecule has 3 aromatic carbocycles. The molecule has 1 aliphatic rings. The van der Waals surface area contributed by atoms with Gasteiger partial charge < -0.3 is 0 Å². The van der Waals surface area contributed by atoms with E-state index in [1.807, 2.05) is 32.9 Å². The number of sulfone groups is 1. The van der Waals surface area contributed by atoms with Crippen LogP contribution in [0.15, 0.2) is 88.2 Å². The third-order valence-corrected chi connectivity index (χ3v) is 11.8. The smallest absolute Gasteiger partial charge is 0.224 e. The molecule has 0 aliphatic carbocycles. The lowest BCUT2D eigenvalue weighted by Gasteiger charge is -2.27. The van der Waals surface area contributed by atoms with Crippen LogP contribution in [0.5, 0.6) is 0 Å². The van der Waals surface area contributed by atoms with E-state index in [9.17, 15) is 16.8 Å². The van der Waals surface area contributed by atoms with Gasteiger partial charge in [0.05, 0.1) is 15.5 Å². The summed E-state index contributed by atoms with van der Waals surface area (Å²) >= 11 is 8.27. The molecule has 0 N–H and O–H groups in total. The highest BCUT2D eigenvalue weighted by molar-refractivity contribution is 14.1. The van der Waals surface area contributed by atoms with E-state index in [1.54, 1.807) is 60.7 Å². The number of rotatable bonds is 6. The van der Waals surface area contributed by atoms with Gasteiger partial charge in [-0.3, -0.25) is 0 Å². The molecule has 9 heteroatoms. The Kier molecular flexibility index (Phi) is 7.75. The second-order valence-electron chi connectivity index (χ2n) is 9.52. The first-order chi connectivity index (χ1) is 16.8. The van der Waals surface area contributed by atoms with E-state index in [2.05, 4.69) is 22.6 Å². The number of aryl methyl sites for hydroxylation is 2. The first kappa shape index (κ1) is 27.3. The molecule has 1 heterocycles. The Hall–Kier alpha value is -1.72. The summed E-state index contributed by atoms with van der Waals surface area (Å²) in [7, 11) is -7.52. The van der Waals surface area contributed by atoms with E-state index in [4.69, 9.17) is 11.6 Å². The highest BCUT2D eigenvalue weighted by Gasteiger charge is 2.47. The van der Waals surface area contributed by atoms with Crippen molar-refractivity contribution in [3.63, 3.8) is 0 Å². The van der Waals surface area contributed by atoms with Crippen molar-refractivity contribution in [2.24, 2.45) is 5.41 Å². The van der Waals surface area contributed by atoms with E-state index in [0.29, 0.717) is 5.02 Å². The summed E-state index contributed by atoms with van der Waals surface area (Å²) < 4.78 is 56.4. The standard InChI is InChI=1S/C27H27ClINO4S2/c1-19-4-12-23(13-5-19)35(31,32)18-27(3)17-30(36(33,34)24-14-6-20(2)7-15-24)16-25(27)26(29)21-8-10-22(28)11-9-21/h4-15H,16-18H2,1-3H3/b26-25+/t27-/m0/s1.